The highest BCUT2D eigenvalue weighted by Crippen LogP contribution is 2.39. The van der Waals surface area contributed by atoms with Crippen molar-refractivity contribution >= 4 is 16.9 Å². The number of carbonyl (C=O) groups is 1. The molecular formula is C23H17NO4. The van der Waals surface area contributed by atoms with E-state index in [0.717, 1.165) is 11.1 Å². The van der Waals surface area contributed by atoms with Gasteiger partial charge in [-0.25, -0.2) is 0 Å². The van der Waals surface area contributed by atoms with Crippen LogP contribution in [0.1, 0.15) is 39.0 Å². The Balaban J connectivity index is 1.75. The highest BCUT2D eigenvalue weighted by molar-refractivity contribution is 5.99. The van der Waals surface area contributed by atoms with Gasteiger partial charge in [0.2, 0.25) is 5.76 Å². The van der Waals surface area contributed by atoms with E-state index < -0.39 is 6.04 Å². The first-order valence-corrected chi connectivity index (χ1v) is 9.09. The number of aryl methyl sites for hydroxylation is 1. The number of nitrogens with zero attached hydrogens (tertiary/aromatic N) is 1. The fourth-order valence-electron chi connectivity index (χ4n) is 3.80. The Morgan fingerprint density at radius 1 is 0.964 bits per heavy atom. The lowest BCUT2D eigenvalue weighted by Crippen LogP contribution is -2.29. The van der Waals surface area contributed by atoms with E-state index in [1.54, 1.807) is 41.5 Å². The molecule has 0 saturated carbocycles. The Kier molecular flexibility index (Phi) is 3.69. The van der Waals surface area contributed by atoms with Gasteiger partial charge >= 0.3 is 0 Å². The number of furan rings is 1. The molecule has 1 aliphatic heterocycles. The summed E-state index contributed by atoms with van der Waals surface area (Å²) < 4.78 is 11.4. The van der Waals surface area contributed by atoms with Crippen LogP contribution in [-0.2, 0) is 6.54 Å². The van der Waals surface area contributed by atoms with E-state index in [0.29, 0.717) is 22.3 Å². The minimum Gasteiger partial charge on any atom is -0.467 e. The molecule has 5 rings (SSSR count). The number of hydrogen-bond donors (Lipinski definition) is 0. The molecule has 28 heavy (non-hydrogen) atoms. The van der Waals surface area contributed by atoms with Crippen molar-refractivity contribution in [2.75, 3.05) is 0 Å². The van der Waals surface area contributed by atoms with Crippen molar-refractivity contribution in [2.24, 2.45) is 0 Å². The van der Waals surface area contributed by atoms with E-state index in [1.807, 2.05) is 37.3 Å². The first kappa shape index (κ1) is 16.6. The van der Waals surface area contributed by atoms with Crippen LogP contribution in [0.15, 0.2) is 80.6 Å². The second-order valence-electron chi connectivity index (χ2n) is 7.00. The summed E-state index contributed by atoms with van der Waals surface area (Å²) in [5.74, 6) is 0.455. The smallest absolute Gasteiger partial charge is 0.291 e. The van der Waals surface area contributed by atoms with Crippen LogP contribution in [0.4, 0.5) is 0 Å². The Bertz CT molecular complexity index is 1240. The van der Waals surface area contributed by atoms with E-state index in [1.165, 1.54) is 0 Å². The molecule has 0 saturated heterocycles. The molecule has 0 fully saturated rings. The average molecular weight is 371 g/mol. The summed E-state index contributed by atoms with van der Waals surface area (Å²) in [6.07, 6.45) is 1.57. The van der Waals surface area contributed by atoms with Crippen molar-refractivity contribution in [1.29, 1.82) is 0 Å². The summed E-state index contributed by atoms with van der Waals surface area (Å²) in [4.78, 5) is 28.2. The van der Waals surface area contributed by atoms with Gasteiger partial charge in [-0.1, -0.05) is 42.0 Å². The minimum absolute atomic E-state index is 0.112. The lowest BCUT2D eigenvalue weighted by Gasteiger charge is -2.24. The third-order valence-electron chi connectivity index (χ3n) is 5.17. The Morgan fingerprint density at radius 3 is 2.50 bits per heavy atom. The van der Waals surface area contributed by atoms with Crippen LogP contribution in [0.3, 0.4) is 0 Å². The number of fused-ring (bicyclic) bond motifs is 2. The summed E-state index contributed by atoms with van der Waals surface area (Å²) in [5.41, 5.74) is 2.61. The molecule has 1 atom stereocenters. The van der Waals surface area contributed by atoms with E-state index in [4.69, 9.17) is 8.83 Å². The maximum absolute atomic E-state index is 13.3. The van der Waals surface area contributed by atoms with Crippen LogP contribution < -0.4 is 5.43 Å². The fourth-order valence-corrected chi connectivity index (χ4v) is 3.80. The summed E-state index contributed by atoms with van der Waals surface area (Å²) >= 11 is 0. The van der Waals surface area contributed by atoms with Gasteiger partial charge in [0.1, 0.15) is 11.3 Å². The first-order chi connectivity index (χ1) is 13.6. The Labute approximate surface area is 160 Å². The van der Waals surface area contributed by atoms with Gasteiger partial charge in [0.15, 0.2) is 5.43 Å². The molecule has 0 N–H and O–H groups in total. The SMILES string of the molecule is Cc1ccc([C@H]2c3c(oc4ccccc4c3=O)C(=O)N2Cc2ccco2)cc1. The number of hydrogen-bond acceptors (Lipinski definition) is 4. The molecule has 0 unspecified atom stereocenters. The van der Waals surface area contributed by atoms with E-state index in [-0.39, 0.29) is 23.6 Å². The third-order valence-corrected chi connectivity index (χ3v) is 5.17. The topological polar surface area (TPSA) is 63.7 Å². The molecule has 0 bridgehead atoms. The average Bonchev–Trinajstić information content (AvgIpc) is 3.31. The Morgan fingerprint density at radius 2 is 1.75 bits per heavy atom. The summed E-state index contributed by atoms with van der Waals surface area (Å²) in [5, 5.41) is 0.478. The van der Waals surface area contributed by atoms with Crippen LogP contribution in [0.25, 0.3) is 11.0 Å². The zero-order valence-electron chi connectivity index (χ0n) is 15.2. The lowest BCUT2D eigenvalue weighted by atomic mass is 9.97. The van der Waals surface area contributed by atoms with Crippen LogP contribution in [0, 0.1) is 6.92 Å². The molecule has 138 valence electrons. The van der Waals surface area contributed by atoms with Crippen molar-refractivity contribution in [3.8, 4) is 0 Å². The van der Waals surface area contributed by atoms with Crippen molar-refractivity contribution in [3.63, 3.8) is 0 Å². The van der Waals surface area contributed by atoms with Gasteiger partial charge in [-0.2, -0.15) is 0 Å². The van der Waals surface area contributed by atoms with Gasteiger partial charge in [0.05, 0.1) is 29.8 Å². The molecule has 5 nitrogen and oxygen atoms in total. The van der Waals surface area contributed by atoms with Gasteiger partial charge in [-0.15, -0.1) is 0 Å². The van der Waals surface area contributed by atoms with Crippen LogP contribution in [0.2, 0.25) is 0 Å². The number of amides is 1. The second-order valence-corrected chi connectivity index (χ2v) is 7.00. The standard InChI is InChI=1S/C23H17NO4/c1-14-8-10-15(11-9-14)20-19-21(25)17-6-2-3-7-18(17)28-22(19)23(26)24(20)13-16-5-4-12-27-16/h2-12,20H,13H2,1H3/t20-/m0/s1. The van der Waals surface area contributed by atoms with Crippen molar-refractivity contribution in [1.82, 2.24) is 4.90 Å². The van der Waals surface area contributed by atoms with Gasteiger partial charge in [0.25, 0.3) is 5.91 Å². The quantitative estimate of drug-likeness (QED) is 0.534. The molecule has 3 heterocycles. The highest BCUT2D eigenvalue weighted by atomic mass is 16.3. The molecule has 0 spiro atoms. The van der Waals surface area contributed by atoms with E-state index in [2.05, 4.69) is 0 Å². The van der Waals surface area contributed by atoms with Crippen molar-refractivity contribution < 1.29 is 13.6 Å². The second kappa shape index (κ2) is 6.23. The number of para-hydroxylation sites is 1. The van der Waals surface area contributed by atoms with E-state index in [9.17, 15) is 9.59 Å². The van der Waals surface area contributed by atoms with Gasteiger partial charge in [-0.3, -0.25) is 9.59 Å². The van der Waals surface area contributed by atoms with Gasteiger partial charge in [-0.05, 0) is 36.8 Å². The molecule has 1 aliphatic rings. The predicted octanol–water partition coefficient (Wildman–Crippen LogP) is 4.44. The molecule has 1 amide bonds. The van der Waals surface area contributed by atoms with Gasteiger partial charge in [0, 0.05) is 0 Å². The number of carbonyl (C=O) groups excluding carboxylic acids is 1. The fraction of sp³-hybridized carbons (Fsp3) is 0.130. The summed E-state index contributed by atoms with van der Waals surface area (Å²) in [6, 6.07) is 18.0. The van der Waals surface area contributed by atoms with Crippen LogP contribution >= 0.6 is 0 Å². The third kappa shape index (κ3) is 2.47. The van der Waals surface area contributed by atoms with Gasteiger partial charge < -0.3 is 13.7 Å². The molecule has 5 heteroatoms. The number of benzene rings is 2. The normalized spacial score (nSPS) is 16.0. The monoisotopic (exact) mass is 371 g/mol. The maximum atomic E-state index is 13.3. The molecule has 0 aliphatic carbocycles. The molecule has 2 aromatic carbocycles. The van der Waals surface area contributed by atoms with Crippen LogP contribution in [-0.4, -0.2) is 10.8 Å². The van der Waals surface area contributed by atoms with E-state index >= 15 is 0 Å². The molecule has 0 radical (unpaired) electrons. The molecular weight excluding hydrogens is 354 g/mol. The maximum Gasteiger partial charge on any atom is 0.291 e. The van der Waals surface area contributed by atoms with Crippen LogP contribution in [0.5, 0.6) is 0 Å². The van der Waals surface area contributed by atoms with Crippen molar-refractivity contribution in [3.05, 3.63) is 105 Å². The first-order valence-electron chi connectivity index (χ1n) is 9.09. The lowest BCUT2D eigenvalue weighted by molar-refractivity contribution is 0.0701. The minimum atomic E-state index is -0.519. The molecule has 4 aromatic rings. The number of rotatable bonds is 3. The zero-order chi connectivity index (χ0) is 19.3. The highest BCUT2D eigenvalue weighted by Gasteiger charge is 2.42. The van der Waals surface area contributed by atoms with Crippen molar-refractivity contribution in [2.45, 2.75) is 19.5 Å². The summed E-state index contributed by atoms with van der Waals surface area (Å²) in [6.45, 7) is 2.25. The zero-order valence-corrected chi connectivity index (χ0v) is 15.2. The largest absolute Gasteiger partial charge is 0.467 e. The predicted molar refractivity (Wildman–Crippen MR) is 104 cm³/mol. The summed E-state index contributed by atoms with van der Waals surface area (Å²) in [7, 11) is 0. The Hall–Kier alpha value is -3.60. The molecule has 2 aromatic heterocycles.